The number of hydrogen-bond acceptors (Lipinski definition) is 4. The molecule has 0 aliphatic heterocycles. The Hall–Kier alpha value is -3.79. The highest BCUT2D eigenvalue weighted by molar-refractivity contribution is 5.98. The average Bonchev–Trinajstić information content (AvgIpc) is 3.04. The molecule has 1 aromatic heterocycles. The van der Waals surface area contributed by atoms with Crippen molar-refractivity contribution in [3.8, 4) is 23.1 Å². The van der Waals surface area contributed by atoms with E-state index < -0.39 is 5.91 Å². The zero-order valence-electron chi connectivity index (χ0n) is 15.7. The molecule has 0 unspecified atom stereocenters. The number of aromatic nitrogens is 1. The fourth-order valence-corrected chi connectivity index (χ4v) is 3.25. The number of aryl methyl sites for hydroxylation is 1. The Labute approximate surface area is 162 Å². The van der Waals surface area contributed by atoms with Crippen LogP contribution in [0.1, 0.15) is 22.8 Å². The first kappa shape index (κ1) is 19.0. The minimum atomic E-state index is -0.605. The largest absolute Gasteiger partial charge is 0.497 e. The fraction of sp³-hybridized carbons (Fsp3) is 0.190. The van der Waals surface area contributed by atoms with Crippen LogP contribution in [0.5, 0.6) is 5.75 Å². The fourth-order valence-electron chi connectivity index (χ4n) is 3.25. The van der Waals surface area contributed by atoms with E-state index in [2.05, 4.69) is 16.0 Å². The number of nitrogens with zero attached hydrogens (tertiary/aromatic N) is 2. The van der Waals surface area contributed by atoms with E-state index in [1.54, 1.807) is 31.4 Å². The number of nitriles is 1. The topological polar surface area (TPSA) is 110 Å². The smallest absolute Gasteiger partial charge is 0.251 e. The van der Waals surface area contributed by atoms with Gasteiger partial charge in [0.15, 0.2) is 0 Å². The highest BCUT2D eigenvalue weighted by Gasteiger charge is 2.19. The Balaban J connectivity index is 2.07. The number of carbonyl (C=O) groups is 2. The van der Waals surface area contributed by atoms with Crippen LogP contribution < -0.4 is 15.8 Å². The lowest BCUT2D eigenvalue weighted by atomic mass is 10.0. The second-order valence-corrected chi connectivity index (χ2v) is 6.19. The predicted molar refractivity (Wildman–Crippen MR) is 106 cm³/mol. The van der Waals surface area contributed by atoms with Gasteiger partial charge in [-0.2, -0.15) is 5.26 Å². The van der Waals surface area contributed by atoms with Crippen LogP contribution in [-0.2, 0) is 11.3 Å². The van der Waals surface area contributed by atoms with E-state index in [4.69, 9.17) is 10.5 Å². The Morgan fingerprint density at radius 1 is 1.21 bits per heavy atom. The van der Waals surface area contributed by atoms with Gasteiger partial charge in [0.05, 0.1) is 30.4 Å². The molecule has 142 valence electrons. The van der Waals surface area contributed by atoms with Crippen molar-refractivity contribution < 1.29 is 14.3 Å². The monoisotopic (exact) mass is 376 g/mol. The molecule has 0 fully saturated rings. The molecule has 2 amide bonds. The van der Waals surface area contributed by atoms with E-state index in [9.17, 15) is 14.9 Å². The van der Waals surface area contributed by atoms with Crippen LogP contribution >= 0.6 is 0 Å². The lowest BCUT2D eigenvalue weighted by Gasteiger charge is -2.10. The zero-order valence-corrected chi connectivity index (χ0v) is 15.7. The Morgan fingerprint density at radius 2 is 1.93 bits per heavy atom. The molecule has 7 heteroatoms. The maximum absolute atomic E-state index is 12.1. The predicted octanol–water partition coefficient (Wildman–Crippen LogP) is 2.42. The minimum Gasteiger partial charge on any atom is -0.497 e. The van der Waals surface area contributed by atoms with Crippen molar-refractivity contribution in [3.63, 3.8) is 0 Å². The van der Waals surface area contributed by atoms with Crippen molar-refractivity contribution >= 4 is 22.7 Å². The molecule has 0 radical (unpaired) electrons. The molecule has 0 saturated heterocycles. The van der Waals surface area contributed by atoms with E-state index in [-0.39, 0.29) is 12.5 Å². The second kappa shape index (κ2) is 7.84. The molecule has 0 aliphatic rings. The number of primary amides is 1. The molecule has 0 saturated carbocycles. The summed E-state index contributed by atoms with van der Waals surface area (Å²) in [6.07, 6.45) is 0. The summed E-state index contributed by atoms with van der Waals surface area (Å²) in [6, 6.07) is 14.8. The third-order valence-electron chi connectivity index (χ3n) is 4.54. The molecule has 0 aliphatic carbocycles. The van der Waals surface area contributed by atoms with E-state index in [1.165, 1.54) is 0 Å². The van der Waals surface area contributed by atoms with Crippen LogP contribution in [0.3, 0.4) is 0 Å². The van der Waals surface area contributed by atoms with Crippen LogP contribution in [-0.4, -0.2) is 30.0 Å². The molecule has 3 rings (SSSR count). The SMILES string of the molecule is CCn1c(-c2ccc(C(=O)NCC(N)=O)cc2)c(C#N)c2ccc(OC)cc21. The molecule has 2 aromatic carbocycles. The molecule has 28 heavy (non-hydrogen) atoms. The van der Waals surface area contributed by atoms with Crippen molar-refractivity contribution in [2.24, 2.45) is 5.73 Å². The molecule has 3 aromatic rings. The van der Waals surface area contributed by atoms with Crippen LogP contribution in [0, 0.1) is 11.3 Å². The summed E-state index contributed by atoms with van der Waals surface area (Å²) in [7, 11) is 1.61. The van der Waals surface area contributed by atoms with Gasteiger partial charge in [-0.1, -0.05) is 12.1 Å². The zero-order chi connectivity index (χ0) is 20.3. The number of benzene rings is 2. The molecule has 1 heterocycles. The summed E-state index contributed by atoms with van der Waals surface area (Å²) >= 11 is 0. The molecule has 0 atom stereocenters. The summed E-state index contributed by atoms with van der Waals surface area (Å²) in [5, 5.41) is 13.1. The van der Waals surface area contributed by atoms with Crippen LogP contribution in [0.15, 0.2) is 42.5 Å². The van der Waals surface area contributed by atoms with Gasteiger partial charge < -0.3 is 20.4 Å². The van der Waals surface area contributed by atoms with Crippen molar-refractivity contribution in [1.82, 2.24) is 9.88 Å². The van der Waals surface area contributed by atoms with E-state index in [1.807, 2.05) is 25.1 Å². The first-order chi connectivity index (χ1) is 13.5. The van der Waals surface area contributed by atoms with Gasteiger partial charge in [-0.3, -0.25) is 9.59 Å². The van der Waals surface area contributed by atoms with Gasteiger partial charge >= 0.3 is 0 Å². The number of methoxy groups -OCH3 is 1. The van der Waals surface area contributed by atoms with Gasteiger partial charge in [0.1, 0.15) is 11.8 Å². The van der Waals surface area contributed by atoms with Gasteiger partial charge in [0.25, 0.3) is 5.91 Å². The maximum Gasteiger partial charge on any atom is 0.251 e. The van der Waals surface area contributed by atoms with Crippen molar-refractivity contribution in [1.29, 1.82) is 5.26 Å². The number of fused-ring (bicyclic) bond motifs is 1. The number of amides is 2. The maximum atomic E-state index is 12.1. The Morgan fingerprint density at radius 3 is 2.50 bits per heavy atom. The first-order valence-electron chi connectivity index (χ1n) is 8.77. The first-order valence-corrected chi connectivity index (χ1v) is 8.77. The summed E-state index contributed by atoms with van der Waals surface area (Å²) in [6.45, 7) is 2.46. The number of carbonyl (C=O) groups excluding carboxylic acids is 2. The molecular formula is C21H20N4O3. The lowest BCUT2D eigenvalue weighted by molar-refractivity contribution is -0.117. The standard InChI is InChI=1S/C21H20N4O3/c1-3-25-18-10-15(28-2)8-9-16(18)17(11-22)20(25)13-4-6-14(7-5-13)21(27)24-12-19(23)26/h4-10H,3,12H2,1-2H3,(H2,23,26)(H,24,27). The highest BCUT2D eigenvalue weighted by Crippen LogP contribution is 2.35. The third-order valence-corrected chi connectivity index (χ3v) is 4.54. The van der Waals surface area contributed by atoms with Crippen LogP contribution in [0.2, 0.25) is 0 Å². The minimum absolute atomic E-state index is 0.217. The van der Waals surface area contributed by atoms with Crippen molar-refractivity contribution in [2.75, 3.05) is 13.7 Å². The summed E-state index contributed by atoms with van der Waals surface area (Å²) < 4.78 is 7.37. The molecule has 7 nitrogen and oxygen atoms in total. The van der Waals surface area contributed by atoms with Gasteiger partial charge in [-0.25, -0.2) is 0 Å². The van der Waals surface area contributed by atoms with Crippen molar-refractivity contribution in [3.05, 3.63) is 53.6 Å². The quantitative estimate of drug-likeness (QED) is 0.688. The number of nitrogens with two attached hydrogens (primary N) is 1. The van der Waals surface area contributed by atoms with Crippen LogP contribution in [0.25, 0.3) is 22.2 Å². The number of nitrogens with one attached hydrogen (secondary N) is 1. The second-order valence-electron chi connectivity index (χ2n) is 6.19. The highest BCUT2D eigenvalue weighted by atomic mass is 16.5. The van der Waals surface area contributed by atoms with Gasteiger partial charge in [0, 0.05) is 23.6 Å². The van der Waals surface area contributed by atoms with Gasteiger partial charge in [-0.05, 0) is 36.8 Å². The molecule has 3 N–H and O–H groups in total. The Kier molecular flexibility index (Phi) is 5.32. The van der Waals surface area contributed by atoms with E-state index >= 15 is 0 Å². The van der Waals surface area contributed by atoms with E-state index in [0.29, 0.717) is 17.7 Å². The van der Waals surface area contributed by atoms with Crippen LogP contribution in [0.4, 0.5) is 0 Å². The van der Waals surface area contributed by atoms with Gasteiger partial charge in [-0.15, -0.1) is 0 Å². The lowest BCUT2D eigenvalue weighted by Crippen LogP contribution is -2.33. The van der Waals surface area contributed by atoms with Crippen molar-refractivity contribution in [2.45, 2.75) is 13.5 Å². The molecule has 0 spiro atoms. The molecular weight excluding hydrogens is 356 g/mol. The third kappa shape index (κ3) is 3.40. The average molecular weight is 376 g/mol. The number of ether oxygens (including phenoxy) is 1. The summed E-state index contributed by atoms with van der Waals surface area (Å²) in [5.74, 6) is -0.268. The van der Waals surface area contributed by atoms with Gasteiger partial charge in [0.2, 0.25) is 5.91 Å². The van der Waals surface area contributed by atoms with E-state index in [0.717, 1.165) is 27.9 Å². The summed E-state index contributed by atoms with van der Waals surface area (Å²) in [5.41, 5.74) is 8.55. The number of rotatable bonds is 6. The summed E-state index contributed by atoms with van der Waals surface area (Å²) in [4.78, 5) is 22.9. The number of hydrogen-bond donors (Lipinski definition) is 2. The Bertz CT molecular complexity index is 1090. The molecule has 0 bridgehead atoms. The normalized spacial score (nSPS) is 10.5.